The van der Waals surface area contributed by atoms with Crippen molar-refractivity contribution in [3.05, 3.63) is 45.8 Å². The van der Waals surface area contributed by atoms with E-state index in [-0.39, 0.29) is 12.5 Å². The van der Waals surface area contributed by atoms with Gasteiger partial charge in [0.05, 0.1) is 12.7 Å². The Morgan fingerprint density at radius 3 is 2.76 bits per heavy atom. The van der Waals surface area contributed by atoms with E-state index in [4.69, 9.17) is 9.47 Å². The minimum absolute atomic E-state index is 0.166. The van der Waals surface area contributed by atoms with Crippen molar-refractivity contribution in [2.45, 2.75) is 20.8 Å². The molecule has 0 fully saturated rings. The van der Waals surface area contributed by atoms with Crippen LogP contribution in [0.5, 0.6) is 11.5 Å². The number of carbonyl (C=O) groups excluding carboxylic acids is 1. The number of allylic oxidation sites excluding steroid dienone is 1. The van der Waals surface area contributed by atoms with Gasteiger partial charge >= 0.3 is 0 Å². The van der Waals surface area contributed by atoms with Crippen molar-refractivity contribution in [1.29, 1.82) is 5.26 Å². The third kappa shape index (κ3) is 4.40. The molecule has 1 aromatic heterocycles. The standard InChI is InChI=1S/C19H20N2O3S/c1-5-6-14-7-8-16(17(9-14)23-4)24-11-18(22)21-19-15(10-20)12(2)13(3)25-19/h5-9H,11H2,1-4H3,(H,21,22)/b6-5+. The number of amides is 1. The van der Waals surface area contributed by atoms with Crippen LogP contribution in [-0.4, -0.2) is 19.6 Å². The first kappa shape index (κ1) is 18.6. The van der Waals surface area contributed by atoms with Crippen molar-refractivity contribution in [2.75, 3.05) is 19.0 Å². The zero-order chi connectivity index (χ0) is 18.4. The maximum absolute atomic E-state index is 12.2. The highest BCUT2D eigenvalue weighted by atomic mass is 32.1. The van der Waals surface area contributed by atoms with Crippen LogP contribution >= 0.6 is 11.3 Å². The second-order valence-electron chi connectivity index (χ2n) is 5.35. The molecule has 0 aliphatic heterocycles. The molecule has 0 aliphatic rings. The van der Waals surface area contributed by atoms with Crippen LogP contribution in [0.15, 0.2) is 24.3 Å². The van der Waals surface area contributed by atoms with E-state index in [1.165, 1.54) is 11.3 Å². The van der Waals surface area contributed by atoms with E-state index < -0.39 is 0 Å². The SMILES string of the molecule is C/C=C/c1ccc(OCC(=O)Nc2sc(C)c(C)c2C#N)c(OC)c1. The Bertz CT molecular complexity index is 847. The predicted molar refractivity (Wildman–Crippen MR) is 100 cm³/mol. The first-order valence-electron chi connectivity index (χ1n) is 7.73. The summed E-state index contributed by atoms with van der Waals surface area (Å²) in [6.07, 6.45) is 3.88. The van der Waals surface area contributed by atoms with Crippen molar-refractivity contribution in [3.8, 4) is 17.6 Å². The lowest BCUT2D eigenvalue weighted by Crippen LogP contribution is -2.20. The number of anilines is 1. The lowest BCUT2D eigenvalue weighted by Gasteiger charge is -2.11. The molecule has 0 unspecified atom stereocenters. The van der Waals surface area contributed by atoms with Crippen LogP contribution in [-0.2, 0) is 4.79 Å². The number of nitriles is 1. The normalized spacial score (nSPS) is 10.5. The van der Waals surface area contributed by atoms with Crippen molar-refractivity contribution < 1.29 is 14.3 Å². The molecular formula is C19H20N2O3S. The molecule has 0 atom stereocenters. The molecule has 0 radical (unpaired) electrons. The molecule has 6 heteroatoms. The molecule has 0 saturated heterocycles. The Morgan fingerprint density at radius 1 is 1.36 bits per heavy atom. The van der Waals surface area contributed by atoms with E-state index in [1.54, 1.807) is 13.2 Å². The molecule has 0 bridgehead atoms. The largest absolute Gasteiger partial charge is 0.493 e. The Hall–Kier alpha value is -2.78. The Labute approximate surface area is 151 Å². The van der Waals surface area contributed by atoms with E-state index in [1.807, 2.05) is 45.1 Å². The van der Waals surface area contributed by atoms with Gasteiger partial charge in [0.15, 0.2) is 18.1 Å². The molecule has 2 aromatic rings. The van der Waals surface area contributed by atoms with Crippen molar-refractivity contribution in [2.24, 2.45) is 0 Å². The van der Waals surface area contributed by atoms with Gasteiger partial charge in [0, 0.05) is 4.88 Å². The third-order valence-corrected chi connectivity index (χ3v) is 4.78. The summed E-state index contributed by atoms with van der Waals surface area (Å²) in [7, 11) is 1.55. The number of ether oxygens (including phenoxy) is 2. The van der Waals surface area contributed by atoms with Crippen LogP contribution in [0.1, 0.15) is 28.5 Å². The van der Waals surface area contributed by atoms with Gasteiger partial charge in [-0.1, -0.05) is 18.2 Å². The fraction of sp³-hybridized carbons (Fsp3) is 0.263. The highest BCUT2D eigenvalue weighted by molar-refractivity contribution is 7.16. The lowest BCUT2D eigenvalue weighted by atomic mass is 10.2. The number of hydrogen-bond donors (Lipinski definition) is 1. The minimum Gasteiger partial charge on any atom is -0.493 e. The molecule has 1 aromatic carbocycles. The van der Waals surface area contributed by atoms with E-state index >= 15 is 0 Å². The Morgan fingerprint density at radius 2 is 2.12 bits per heavy atom. The number of carbonyl (C=O) groups is 1. The third-order valence-electron chi connectivity index (χ3n) is 3.66. The highest BCUT2D eigenvalue weighted by Crippen LogP contribution is 2.32. The molecule has 0 spiro atoms. The second-order valence-corrected chi connectivity index (χ2v) is 6.57. The van der Waals surface area contributed by atoms with Gasteiger partial charge in [-0.2, -0.15) is 5.26 Å². The average Bonchev–Trinajstić information content (AvgIpc) is 2.87. The quantitative estimate of drug-likeness (QED) is 0.838. The molecular weight excluding hydrogens is 336 g/mol. The maximum Gasteiger partial charge on any atom is 0.262 e. The zero-order valence-electron chi connectivity index (χ0n) is 14.7. The summed E-state index contributed by atoms with van der Waals surface area (Å²) in [6.45, 7) is 5.56. The van der Waals surface area contributed by atoms with Crippen LogP contribution in [0, 0.1) is 25.2 Å². The number of nitrogens with one attached hydrogen (secondary N) is 1. The van der Waals surface area contributed by atoms with Crippen LogP contribution in [0.25, 0.3) is 6.08 Å². The summed E-state index contributed by atoms with van der Waals surface area (Å²) in [5, 5.41) is 12.5. The number of benzene rings is 1. The average molecular weight is 356 g/mol. The maximum atomic E-state index is 12.2. The van der Waals surface area contributed by atoms with Gasteiger partial charge in [-0.15, -0.1) is 11.3 Å². The topological polar surface area (TPSA) is 71.3 Å². The first-order chi connectivity index (χ1) is 12.0. The van der Waals surface area contributed by atoms with Gasteiger partial charge < -0.3 is 14.8 Å². The van der Waals surface area contributed by atoms with Gasteiger partial charge in [0.1, 0.15) is 11.1 Å². The van der Waals surface area contributed by atoms with Crippen molar-refractivity contribution >= 4 is 28.3 Å². The van der Waals surface area contributed by atoms with Crippen molar-refractivity contribution in [1.82, 2.24) is 0 Å². The molecule has 1 amide bonds. The zero-order valence-corrected chi connectivity index (χ0v) is 15.5. The fourth-order valence-corrected chi connectivity index (χ4v) is 3.28. The van der Waals surface area contributed by atoms with Gasteiger partial charge in [-0.3, -0.25) is 4.79 Å². The summed E-state index contributed by atoms with van der Waals surface area (Å²) >= 11 is 1.39. The van der Waals surface area contributed by atoms with Crippen LogP contribution in [0.3, 0.4) is 0 Å². The van der Waals surface area contributed by atoms with Crippen LogP contribution in [0.2, 0.25) is 0 Å². The molecule has 0 aliphatic carbocycles. The van der Waals surface area contributed by atoms with Crippen molar-refractivity contribution in [3.63, 3.8) is 0 Å². The summed E-state index contributed by atoms with van der Waals surface area (Å²) in [5.41, 5.74) is 2.38. The van der Waals surface area contributed by atoms with Gasteiger partial charge in [0.25, 0.3) is 5.91 Å². The number of hydrogen-bond acceptors (Lipinski definition) is 5. The molecule has 5 nitrogen and oxygen atoms in total. The molecule has 2 rings (SSSR count). The second kappa shape index (κ2) is 8.36. The summed E-state index contributed by atoms with van der Waals surface area (Å²) in [4.78, 5) is 13.2. The monoisotopic (exact) mass is 356 g/mol. The van der Waals surface area contributed by atoms with E-state index in [9.17, 15) is 10.1 Å². The molecule has 1 N–H and O–H groups in total. The van der Waals surface area contributed by atoms with Crippen LogP contribution in [0.4, 0.5) is 5.00 Å². The number of methoxy groups -OCH3 is 1. The van der Waals surface area contributed by atoms with E-state index in [0.717, 1.165) is 16.0 Å². The first-order valence-corrected chi connectivity index (χ1v) is 8.55. The molecule has 25 heavy (non-hydrogen) atoms. The van der Waals surface area contributed by atoms with Crippen LogP contribution < -0.4 is 14.8 Å². The molecule has 1 heterocycles. The smallest absolute Gasteiger partial charge is 0.262 e. The molecule has 130 valence electrons. The van der Waals surface area contributed by atoms with Gasteiger partial charge in [-0.25, -0.2) is 0 Å². The highest BCUT2D eigenvalue weighted by Gasteiger charge is 2.15. The number of thiophene rings is 1. The molecule has 0 saturated carbocycles. The van der Waals surface area contributed by atoms with Gasteiger partial charge in [-0.05, 0) is 44.0 Å². The minimum atomic E-state index is -0.322. The predicted octanol–water partition coefficient (Wildman–Crippen LogP) is 4.30. The number of nitrogens with zero attached hydrogens (tertiary/aromatic N) is 1. The Kier molecular flexibility index (Phi) is 6.20. The van der Waals surface area contributed by atoms with E-state index in [0.29, 0.717) is 22.1 Å². The summed E-state index contributed by atoms with van der Waals surface area (Å²) in [6, 6.07) is 7.62. The summed E-state index contributed by atoms with van der Waals surface area (Å²) in [5.74, 6) is 0.728. The number of rotatable bonds is 6. The fourth-order valence-electron chi connectivity index (χ4n) is 2.26. The summed E-state index contributed by atoms with van der Waals surface area (Å²) < 4.78 is 10.9. The number of aryl methyl sites for hydroxylation is 1. The van der Waals surface area contributed by atoms with E-state index in [2.05, 4.69) is 11.4 Å². The van der Waals surface area contributed by atoms with Gasteiger partial charge in [0.2, 0.25) is 0 Å². The lowest BCUT2D eigenvalue weighted by molar-refractivity contribution is -0.118. The Balaban J connectivity index is 2.06.